The largest absolute Gasteiger partial charge is 0.446 e. The highest BCUT2D eigenvalue weighted by Gasteiger charge is 2.09. The third-order valence-electron chi connectivity index (χ3n) is 2.75. The normalized spacial score (nSPS) is 11.9. The van der Waals surface area contributed by atoms with Crippen LogP contribution in [0.1, 0.15) is 5.56 Å². The lowest BCUT2D eigenvalue weighted by Gasteiger charge is -2.09. The summed E-state index contributed by atoms with van der Waals surface area (Å²) in [4.78, 5) is 5.36. The number of nitrogens with zero attached hydrogens (tertiary/aromatic N) is 1. The molecule has 1 heterocycles. The molecule has 1 unspecified atom stereocenters. The molecule has 92 valence electrons. The number of hydrogen-bond acceptors (Lipinski definition) is 3. The fourth-order valence-corrected chi connectivity index (χ4v) is 2.21. The Labute approximate surface area is 102 Å². The van der Waals surface area contributed by atoms with Crippen molar-refractivity contribution < 1.29 is 9.09 Å². The molecule has 1 aromatic carbocycles. The molecule has 2 aromatic rings. The Morgan fingerprint density at radius 1 is 1.41 bits per heavy atom. The Morgan fingerprint density at radius 2 is 2.24 bits per heavy atom. The van der Waals surface area contributed by atoms with E-state index in [-0.39, 0.29) is 0 Å². The van der Waals surface area contributed by atoms with Crippen LogP contribution in [0.25, 0.3) is 10.9 Å². The lowest BCUT2D eigenvalue weighted by molar-refractivity contribution is 0.414. The van der Waals surface area contributed by atoms with Gasteiger partial charge in [-0.2, -0.15) is 0 Å². The molecule has 1 aromatic heterocycles. The molecule has 4 nitrogen and oxygen atoms in total. The SMILES string of the molecule is CN(C)CCc1c[nH]c2cccc(O[PH2]=O)c12. The van der Waals surface area contributed by atoms with Crippen molar-refractivity contribution in [2.24, 2.45) is 0 Å². The van der Waals surface area contributed by atoms with Gasteiger partial charge in [-0.15, -0.1) is 0 Å². The Bertz CT molecular complexity index is 522. The van der Waals surface area contributed by atoms with Crippen LogP contribution in [-0.2, 0) is 11.0 Å². The lowest BCUT2D eigenvalue weighted by atomic mass is 10.1. The molecular weight excluding hydrogens is 235 g/mol. The van der Waals surface area contributed by atoms with Crippen molar-refractivity contribution in [3.63, 3.8) is 0 Å². The molecule has 0 spiro atoms. The highest BCUT2D eigenvalue weighted by atomic mass is 31.1. The van der Waals surface area contributed by atoms with Gasteiger partial charge in [-0.1, -0.05) is 6.07 Å². The van der Waals surface area contributed by atoms with Crippen LogP contribution in [0, 0.1) is 0 Å². The summed E-state index contributed by atoms with van der Waals surface area (Å²) in [6, 6.07) is 5.76. The highest BCUT2D eigenvalue weighted by Crippen LogP contribution is 2.30. The monoisotopic (exact) mass is 252 g/mol. The fourth-order valence-electron chi connectivity index (χ4n) is 1.91. The Hall–Kier alpha value is -1.25. The number of likely N-dealkylation sites (N-methyl/N-ethyl adjacent to an activating group) is 1. The average Bonchev–Trinajstić information content (AvgIpc) is 2.71. The van der Waals surface area contributed by atoms with Crippen LogP contribution in [-0.4, -0.2) is 30.5 Å². The van der Waals surface area contributed by atoms with Crippen molar-refractivity contribution in [3.05, 3.63) is 30.0 Å². The number of rotatable bonds is 5. The van der Waals surface area contributed by atoms with Gasteiger partial charge in [0.15, 0.2) is 0 Å². The van der Waals surface area contributed by atoms with Gasteiger partial charge in [-0.05, 0) is 38.2 Å². The van der Waals surface area contributed by atoms with Crippen LogP contribution in [0.15, 0.2) is 24.4 Å². The zero-order valence-corrected chi connectivity index (χ0v) is 11.2. The van der Waals surface area contributed by atoms with Crippen molar-refractivity contribution in [1.29, 1.82) is 0 Å². The maximum absolute atomic E-state index is 10.7. The minimum Gasteiger partial charge on any atom is -0.446 e. The van der Waals surface area contributed by atoms with Gasteiger partial charge in [0.05, 0.1) is 0 Å². The molecule has 2 rings (SSSR count). The van der Waals surface area contributed by atoms with E-state index in [0.29, 0.717) is 5.75 Å². The summed E-state index contributed by atoms with van der Waals surface area (Å²) in [5.41, 5.74) is 2.24. The van der Waals surface area contributed by atoms with Crippen LogP contribution in [0.5, 0.6) is 5.75 Å². The highest BCUT2D eigenvalue weighted by molar-refractivity contribution is 7.17. The molecule has 17 heavy (non-hydrogen) atoms. The molecule has 1 N–H and O–H groups in total. The smallest absolute Gasteiger partial charge is 0.225 e. The Balaban J connectivity index is 2.38. The van der Waals surface area contributed by atoms with Crippen molar-refractivity contribution in [2.45, 2.75) is 6.42 Å². The second-order valence-corrected chi connectivity index (χ2v) is 4.69. The zero-order valence-electron chi connectivity index (χ0n) is 10.1. The van der Waals surface area contributed by atoms with Gasteiger partial charge in [0.2, 0.25) is 8.69 Å². The number of hydrogen-bond donors (Lipinski definition) is 1. The summed E-state index contributed by atoms with van der Waals surface area (Å²) in [6.45, 7) is 0.978. The molecule has 0 radical (unpaired) electrons. The minimum atomic E-state index is -1.22. The summed E-state index contributed by atoms with van der Waals surface area (Å²) >= 11 is 0. The van der Waals surface area contributed by atoms with E-state index in [0.717, 1.165) is 23.9 Å². The van der Waals surface area contributed by atoms with E-state index in [9.17, 15) is 4.57 Å². The number of aromatic amines is 1. The Kier molecular flexibility index (Phi) is 3.87. The van der Waals surface area contributed by atoms with Gasteiger partial charge in [0, 0.05) is 23.6 Å². The zero-order chi connectivity index (χ0) is 12.3. The second kappa shape index (κ2) is 5.39. The molecule has 0 aliphatic carbocycles. The van der Waals surface area contributed by atoms with Crippen LogP contribution in [0.3, 0.4) is 0 Å². The van der Waals surface area contributed by atoms with E-state index < -0.39 is 8.69 Å². The van der Waals surface area contributed by atoms with Crippen LogP contribution < -0.4 is 4.52 Å². The molecule has 1 atom stereocenters. The first-order chi connectivity index (χ1) is 8.22. The lowest BCUT2D eigenvalue weighted by Crippen LogP contribution is -2.14. The van der Waals surface area contributed by atoms with E-state index in [2.05, 4.69) is 9.88 Å². The summed E-state index contributed by atoms with van der Waals surface area (Å²) in [7, 11) is 2.88. The third kappa shape index (κ3) is 2.71. The number of nitrogens with one attached hydrogen (secondary N) is 1. The third-order valence-corrected chi connectivity index (χ3v) is 3.10. The molecule has 0 saturated heterocycles. The van der Waals surface area contributed by atoms with E-state index in [1.165, 1.54) is 5.56 Å². The second-order valence-electron chi connectivity index (χ2n) is 4.26. The molecule has 0 aliphatic rings. The van der Waals surface area contributed by atoms with Gasteiger partial charge >= 0.3 is 0 Å². The van der Waals surface area contributed by atoms with Crippen LogP contribution >= 0.6 is 8.69 Å². The molecule has 5 heteroatoms. The number of aromatic nitrogens is 1. The maximum atomic E-state index is 10.7. The predicted molar refractivity (Wildman–Crippen MR) is 71.6 cm³/mol. The standard InChI is InChI=1S/C12H17N2O2P/c1-14(2)7-6-9-8-13-10-4-3-5-11(12(9)10)16-17-15/h3-5,8,13H,6-7,17H2,1-2H3. The maximum Gasteiger partial charge on any atom is 0.225 e. The topological polar surface area (TPSA) is 45.3 Å². The van der Waals surface area contributed by atoms with Crippen molar-refractivity contribution in [3.8, 4) is 5.75 Å². The predicted octanol–water partition coefficient (Wildman–Crippen LogP) is 2.32. The number of fused-ring (bicyclic) bond motifs is 1. The van der Waals surface area contributed by atoms with Crippen LogP contribution in [0.4, 0.5) is 0 Å². The first-order valence-electron chi connectivity index (χ1n) is 5.56. The van der Waals surface area contributed by atoms with Crippen LogP contribution in [0.2, 0.25) is 0 Å². The van der Waals surface area contributed by atoms with Crippen molar-refractivity contribution >= 4 is 19.6 Å². The molecule has 0 amide bonds. The fraction of sp³-hybridized carbons (Fsp3) is 0.333. The first-order valence-corrected chi connectivity index (χ1v) is 6.50. The quantitative estimate of drug-likeness (QED) is 0.831. The van der Waals surface area contributed by atoms with E-state index in [1.54, 1.807) is 0 Å². The van der Waals surface area contributed by atoms with E-state index in [1.807, 2.05) is 38.5 Å². The van der Waals surface area contributed by atoms with E-state index in [4.69, 9.17) is 4.52 Å². The van der Waals surface area contributed by atoms with E-state index >= 15 is 0 Å². The molecular formula is C12H17N2O2P. The van der Waals surface area contributed by atoms with Gasteiger partial charge < -0.3 is 14.4 Å². The van der Waals surface area contributed by atoms with Gasteiger partial charge in [-0.25, -0.2) is 0 Å². The van der Waals surface area contributed by atoms with Crippen molar-refractivity contribution in [2.75, 3.05) is 20.6 Å². The summed E-state index contributed by atoms with van der Waals surface area (Å²) in [5.74, 6) is 0.711. The Morgan fingerprint density at radius 3 is 2.94 bits per heavy atom. The summed E-state index contributed by atoms with van der Waals surface area (Å²) in [6.07, 6.45) is 2.95. The van der Waals surface area contributed by atoms with Crippen molar-refractivity contribution in [1.82, 2.24) is 9.88 Å². The number of benzene rings is 1. The van der Waals surface area contributed by atoms with Gasteiger partial charge in [0.25, 0.3) is 0 Å². The minimum absolute atomic E-state index is 0.711. The van der Waals surface area contributed by atoms with Gasteiger partial charge in [0.1, 0.15) is 5.75 Å². The first kappa shape index (κ1) is 12.2. The number of H-pyrrole nitrogens is 1. The molecule has 0 fully saturated rings. The summed E-state index contributed by atoms with van der Waals surface area (Å²) in [5, 5.41) is 1.05. The molecule has 0 aliphatic heterocycles. The van der Waals surface area contributed by atoms with Gasteiger partial charge in [-0.3, -0.25) is 4.57 Å². The molecule has 0 saturated carbocycles. The summed E-state index contributed by atoms with van der Waals surface area (Å²) < 4.78 is 15.9. The molecule has 0 bridgehead atoms. The average molecular weight is 252 g/mol.